The van der Waals surface area contributed by atoms with Crippen molar-refractivity contribution in [3.63, 3.8) is 0 Å². The van der Waals surface area contributed by atoms with Gasteiger partial charge < -0.3 is 16.2 Å². The molecular formula is C12H16F4N2O. The molecule has 7 heteroatoms. The van der Waals surface area contributed by atoms with Crippen LogP contribution in [0.25, 0.3) is 0 Å². The summed E-state index contributed by atoms with van der Waals surface area (Å²) >= 11 is 0. The fourth-order valence-electron chi connectivity index (χ4n) is 1.67. The predicted molar refractivity (Wildman–Crippen MR) is 62.9 cm³/mol. The Kier molecular flexibility index (Phi) is 5.56. The van der Waals surface area contributed by atoms with E-state index in [-0.39, 0.29) is 5.56 Å². The van der Waals surface area contributed by atoms with E-state index in [2.05, 4.69) is 4.74 Å². The van der Waals surface area contributed by atoms with Gasteiger partial charge in [0.15, 0.2) is 0 Å². The largest absolute Gasteiger partial charge is 0.573 e. The van der Waals surface area contributed by atoms with Gasteiger partial charge in [-0.05, 0) is 37.6 Å². The first-order valence-corrected chi connectivity index (χ1v) is 5.84. The second-order valence-corrected chi connectivity index (χ2v) is 4.12. The standard InChI is InChI=1S/C12H16F4N2O/c13-10-5-4-8(19-12(14,15)16)7-9(10)11(18)3-1-2-6-17/h4-5,7,11H,1-3,6,17-18H2/t11-/m1/s1. The SMILES string of the molecule is NCCCC[C@@H](N)c1cc(OC(F)(F)F)ccc1F. The summed E-state index contributed by atoms with van der Waals surface area (Å²) in [5.74, 6) is -1.12. The summed E-state index contributed by atoms with van der Waals surface area (Å²) in [5, 5.41) is 0. The minimum atomic E-state index is -4.81. The first-order chi connectivity index (χ1) is 8.83. The molecule has 108 valence electrons. The van der Waals surface area contributed by atoms with Crippen molar-refractivity contribution in [1.82, 2.24) is 0 Å². The third-order valence-corrected chi connectivity index (χ3v) is 2.57. The Morgan fingerprint density at radius 2 is 1.89 bits per heavy atom. The minimum absolute atomic E-state index is 0.0128. The van der Waals surface area contributed by atoms with Crippen molar-refractivity contribution in [2.24, 2.45) is 11.5 Å². The van der Waals surface area contributed by atoms with E-state index in [1.54, 1.807) is 0 Å². The molecule has 0 unspecified atom stereocenters. The Morgan fingerprint density at radius 1 is 1.21 bits per heavy atom. The Hall–Kier alpha value is -1.34. The fourth-order valence-corrected chi connectivity index (χ4v) is 1.67. The molecule has 0 aliphatic carbocycles. The Balaban J connectivity index is 2.78. The molecule has 0 aromatic heterocycles. The topological polar surface area (TPSA) is 61.3 Å². The van der Waals surface area contributed by atoms with Crippen LogP contribution in [0.5, 0.6) is 5.75 Å². The molecule has 0 fully saturated rings. The first kappa shape index (κ1) is 15.7. The molecule has 0 spiro atoms. The predicted octanol–water partition coefficient (Wildman–Crippen LogP) is 2.85. The highest BCUT2D eigenvalue weighted by atomic mass is 19.4. The van der Waals surface area contributed by atoms with Crippen molar-refractivity contribution in [3.05, 3.63) is 29.6 Å². The van der Waals surface area contributed by atoms with Gasteiger partial charge >= 0.3 is 6.36 Å². The van der Waals surface area contributed by atoms with Gasteiger partial charge in [-0.1, -0.05) is 6.42 Å². The van der Waals surface area contributed by atoms with Gasteiger partial charge in [0.25, 0.3) is 0 Å². The van der Waals surface area contributed by atoms with E-state index in [0.717, 1.165) is 24.6 Å². The van der Waals surface area contributed by atoms with Crippen molar-refractivity contribution in [3.8, 4) is 5.75 Å². The summed E-state index contributed by atoms with van der Waals surface area (Å²) in [5.41, 5.74) is 11.1. The molecule has 0 bridgehead atoms. The number of ether oxygens (including phenoxy) is 1. The van der Waals surface area contributed by atoms with Gasteiger partial charge in [-0.15, -0.1) is 13.2 Å². The first-order valence-electron chi connectivity index (χ1n) is 5.84. The number of hydrogen-bond acceptors (Lipinski definition) is 3. The van der Waals surface area contributed by atoms with Crippen LogP contribution in [-0.4, -0.2) is 12.9 Å². The Bertz CT molecular complexity index is 409. The summed E-state index contributed by atoms with van der Waals surface area (Å²) < 4.78 is 53.4. The van der Waals surface area contributed by atoms with Crippen LogP contribution in [0.2, 0.25) is 0 Å². The van der Waals surface area contributed by atoms with E-state index in [9.17, 15) is 17.6 Å². The normalized spacial score (nSPS) is 13.4. The highest BCUT2D eigenvalue weighted by molar-refractivity contribution is 5.32. The van der Waals surface area contributed by atoms with Gasteiger partial charge in [0.05, 0.1) is 0 Å². The number of alkyl halides is 3. The molecule has 0 saturated carbocycles. The maximum absolute atomic E-state index is 13.5. The Labute approximate surface area is 108 Å². The third-order valence-electron chi connectivity index (χ3n) is 2.57. The summed E-state index contributed by atoms with van der Waals surface area (Å²) in [4.78, 5) is 0. The molecule has 1 atom stereocenters. The summed E-state index contributed by atoms with van der Waals surface area (Å²) in [6.07, 6.45) is -2.95. The highest BCUT2D eigenvalue weighted by Gasteiger charge is 2.31. The van der Waals surface area contributed by atoms with E-state index in [1.165, 1.54) is 0 Å². The summed E-state index contributed by atoms with van der Waals surface area (Å²) in [6, 6.07) is 2.14. The van der Waals surface area contributed by atoms with Crippen LogP contribution in [-0.2, 0) is 0 Å². The number of hydrogen-bond donors (Lipinski definition) is 2. The lowest BCUT2D eigenvalue weighted by atomic mass is 10.0. The van der Waals surface area contributed by atoms with Gasteiger partial charge in [0, 0.05) is 11.6 Å². The maximum Gasteiger partial charge on any atom is 0.573 e. The fraction of sp³-hybridized carbons (Fsp3) is 0.500. The third kappa shape index (κ3) is 5.44. The van der Waals surface area contributed by atoms with Crippen LogP contribution >= 0.6 is 0 Å². The zero-order valence-electron chi connectivity index (χ0n) is 10.2. The van der Waals surface area contributed by atoms with Crippen LogP contribution in [0.15, 0.2) is 18.2 Å². The van der Waals surface area contributed by atoms with Gasteiger partial charge in [0.2, 0.25) is 0 Å². The Morgan fingerprint density at radius 3 is 2.47 bits per heavy atom. The molecule has 0 aliphatic heterocycles. The van der Waals surface area contributed by atoms with Gasteiger partial charge in [-0.2, -0.15) is 0 Å². The number of nitrogens with two attached hydrogens (primary N) is 2. The molecule has 0 heterocycles. The molecule has 0 aliphatic rings. The smallest absolute Gasteiger partial charge is 0.406 e. The van der Waals surface area contributed by atoms with Crippen LogP contribution in [0.4, 0.5) is 17.6 Å². The number of benzene rings is 1. The van der Waals surface area contributed by atoms with Crippen molar-refractivity contribution < 1.29 is 22.3 Å². The molecular weight excluding hydrogens is 264 g/mol. The van der Waals surface area contributed by atoms with Crippen molar-refractivity contribution in [1.29, 1.82) is 0 Å². The van der Waals surface area contributed by atoms with Crippen molar-refractivity contribution >= 4 is 0 Å². The molecule has 0 radical (unpaired) electrons. The molecule has 3 nitrogen and oxygen atoms in total. The van der Waals surface area contributed by atoms with Gasteiger partial charge in [-0.3, -0.25) is 0 Å². The quantitative estimate of drug-likeness (QED) is 0.622. The molecule has 1 aromatic rings. The second kappa shape index (κ2) is 6.72. The second-order valence-electron chi connectivity index (χ2n) is 4.12. The zero-order chi connectivity index (χ0) is 14.5. The van der Waals surface area contributed by atoms with E-state index in [0.29, 0.717) is 19.4 Å². The zero-order valence-corrected chi connectivity index (χ0v) is 10.2. The van der Waals surface area contributed by atoms with Crippen molar-refractivity contribution in [2.45, 2.75) is 31.7 Å². The average molecular weight is 280 g/mol. The number of halogens is 4. The van der Waals surface area contributed by atoms with Crippen LogP contribution in [0.1, 0.15) is 30.9 Å². The summed E-state index contributed by atoms with van der Waals surface area (Å²) in [7, 11) is 0. The van der Waals surface area contributed by atoms with Gasteiger partial charge in [0.1, 0.15) is 11.6 Å². The lowest BCUT2D eigenvalue weighted by Crippen LogP contribution is -2.18. The number of unbranched alkanes of at least 4 members (excludes halogenated alkanes) is 1. The lowest BCUT2D eigenvalue weighted by Gasteiger charge is -2.15. The lowest BCUT2D eigenvalue weighted by molar-refractivity contribution is -0.274. The molecule has 1 rings (SSSR count). The number of rotatable bonds is 6. The van der Waals surface area contributed by atoms with Crippen molar-refractivity contribution in [2.75, 3.05) is 6.54 Å². The van der Waals surface area contributed by atoms with E-state index < -0.39 is 24.0 Å². The molecule has 19 heavy (non-hydrogen) atoms. The van der Waals surface area contributed by atoms with E-state index >= 15 is 0 Å². The molecule has 4 N–H and O–H groups in total. The van der Waals surface area contributed by atoms with Gasteiger partial charge in [-0.25, -0.2) is 4.39 Å². The molecule has 0 amide bonds. The maximum atomic E-state index is 13.5. The van der Waals surface area contributed by atoms with Crippen LogP contribution in [0, 0.1) is 5.82 Å². The minimum Gasteiger partial charge on any atom is -0.406 e. The monoisotopic (exact) mass is 280 g/mol. The highest BCUT2D eigenvalue weighted by Crippen LogP contribution is 2.28. The van der Waals surface area contributed by atoms with Crippen LogP contribution in [0.3, 0.4) is 0 Å². The van der Waals surface area contributed by atoms with Crippen LogP contribution < -0.4 is 16.2 Å². The average Bonchev–Trinajstić information content (AvgIpc) is 2.30. The molecule has 0 saturated heterocycles. The van der Waals surface area contributed by atoms with E-state index in [4.69, 9.17) is 11.5 Å². The molecule has 1 aromatic carbocycles. The summed E-state index contributed by atoms with van der Waals surface area (Å²) in [6.45, 7) is 0.492. The van der Waals surface area contributed by atoms with E-state index in [1.807, 2.05) is 0 Å².